The van der Waals surface area contributed by atoms with Gasteiger partial charge in [0.15, 0.2) is 0 Å². The maximum Gasteiger partial charge on any atom is 0.311 e. The Balaban J connectivity index is 2.34. The number of hydrogen-bond donors (Lipinski definition) is 0. The molecule has 0 saturated carbocycles. The zero-order valence-corrected chi connectivity index (χ0v) is 10.2. The lowest BCUT2D eigenvalue weighted by Gasteiger charge is -2.17. The molecule has 1 aliphatic heterocycles. The van der Waals surface area contributed by atoms with Crippen LogP contribution in [0.25, 0.3) is 0 Å². The summed E-state index contributed by atoms with van der Waals surface area (Å²) in [6.07, 6.45) is 0.00799. The summed E-state index contributed by atoms with van der Waals surface area (Å²) in [6.45, 7) is 0.101. The van der Waals surface area contributed by atoms with E-state index in [9.17, 15) is 14.0 Å². The number of halogens is 1. The van der Waals surface area contributed by atoms with E-state index in [2.05, 4.69) is 4.74 Å². The lowest BCUT2D eigenvalue weighted by Crippen LogP contribution is -2.27. The summed E-state index contributed by atoms with van der Waals surface area (Å²) < 4.78 is 18.1. The van der Waals surface area contributed by atoms with Gasteiger partial charge in [0, 0.05) is 13.0 Å². The highest BCUT2D eigenvalue weighted by molar-refractivity contribution is 6.00. The summed E-state index contributed by atoms with van der Waals surface area (Å²) in [6, 6.07) is 5.79. The van der Waals surface area contributed by atoms with Gasteiger partial charge in [-0.15, -0.1) is 0 Å². The second-order valence-electron chi connectivity index (χ2n) is 4.17. The molecule has 1 aliphatic rings. The normalized spacial score (nSPS) is 18.3. The minimum atomic E-state index is -0.686. The van der Waals surface area contributed by atoms with Crippen molar-refractivity contribution in [3.8, 4) is 6.07 Å². The maximum atomic E-state index is 13.5. The Morgan fingerprint density at radius 2 is 2.32 bits per heavy atom. The fourth-order valence-corrected chi connectivity index (χ4v) is 2.11. The van der Waals surface area contributed by atoms with Gasteiger partial charge in [0.25, 0.3) is 0 Å². The van der Waals surface area contributed by atoms with E-state index < -0.39 is 17.7 Å². The highest BCUT2D eigenvalue weighted by Crippen LogP contribution is 2.29. The summed E-state index contributed by atoms with van der Waals surface area (Å²) in [5, 5.41) is 8.95. The lowest BCUT2D eigenvalue weighted by atomic mass is 10.1. The number of esters is 1. The van der Waals surface area contributed by atoms with Crippen molar-refractivity contribution in [2.24, 2.45) is 5.92 Å². The second kappa shape index (κ2) is 5.06. The summed E-state index contributed by atoms with van der Waals surface area (Å²) in [4.78, 5) is 24.5. The quantitative estimate of drug-likeness (QED) is 0.751. The van der Waals surface area contributed by atoms with Crippen molar-refractivity contribution in [1.82, 2.24) is 0 Å². The number of methoxy groups -OCH3 is 1. The number of anilines is 1. The predicted octanol–water partition coefficient (Wildman–Crippen LogP) is 1.22. The molecule has 1 saturated heterocycles. The monoisotopic (exact) mass is 262 g/mol. The van der Waals surface area contributed by atoms with Crippen LogP contribution in [0.3, 0.4) is 0 Å². The third-order valence-corrected chi connectivity index (χ3v) is 3.05. The molecule has 0 spiro atoms. The van der Waals surface area contributed by atoms with Gasteiger partial charge >= 0.3 is 5.97 Å². The molecule has 19 heavy (non-hydrogen) atoms. The largest absolute Gasteiger partial charge is 0.469 e. The molecule has 6 heteroatoms. The highest BCUT2D eigenvalue weighted by Gasteiger charge is 2.37. The van der Waals surface area contributed by atoms with Crippen LogP contribution in [-0.4, -0.2) is 25.5 Å². The van der Waals surface area contributed by atoms with Gasteiger partial charge in [0.2, 0.25) is 5.91 Å². The molecule has 5 nitrogen and oxygen atoms in total. The van der Waals surface area contributed by atoms with E-state index in [1.165, 1.54) is 24.1 Å². The minimum absolute atomic E-state index is 0.00799. The fourth-order valence-electron chi connectivity index (χ4n) is 2.11. The zero-order chi connectivity index (χ0) is 14.0. The van der Waals surface area contributed by atoms with Gasteiger partial charge in [0.1, 0.15) is 17.4 Å². The van der Waals surface area contributed by atoms with Crippen molar-refractivity contribution in [1.29, 1.82) is 5.26 Å². The zero-order valence-electron chi connectivity index (χ0n) is 10.2. The summed E-state index contributed by atoms with van der Waals surface area (Å²) in [5.74, 6) is -2.06. The standard InChI is InChI=1S/C13H11FN2O3/c1-19-13(18)8-5-12(17)16(7-8)11-4-2-3-10(14)9(11)6-15/h2-4,8H,5,7H2,1H3. The molecule has 0 N–H and O–H groups in total. The molecule has 2 rings (SSSR count). The number of hydrogen-bond acceptors (Lipinski definition) is 4. The van der Waals surface area contributed by atoms with E-state index in [4.69, 9.17) is 5.26 Å². The summed E-state index contributed by atoms with van der Waals surface area (Å²) in [7, 11) is 1.25. The van der Waals surface area contributed by atoms with Crippen molar-refractivity contribution in [2.45, 2.75) is 6.42 Å². The van der Waals surface area contributed by atoms with Crippen molar-refractivity contribution in [2.75, 3.05) is 18.6 Å². The van der Waals surface area contributed by atoms with Crippen LogP contribution >= 0.6 is 0 Å². The predicted molar refractivity (Wildman–Crippen MR) is 63.6 cm³/mol. The first kappa shape index (κ1) is 13.0. The van der Waals surface area contributed by atoms with Crippen LogP contribution < -0.4 is 4.90 Å². The molecule has 1 heterocycles. The first-order chi connectivity index (χ1) is 9.08. The van der Waals surface area contributed by atoms with Gasteiger partial charge in [-0.25, -0.2) is 4.39 Å². The van der Waals surface area contributed by atoms with Crippen LogP contribution in [0, 0.1) is 23.1 Å². The van der Waals surface area contributed by atoms with Crippen molar-refractivity contribution in [3.05, 3.63) is 29.6 Å². The van der Waals surface area contributed by atoms with Crippen molar-refractivity contribution in [3.63, 3.8) is 0 Å². The average molecular weight is 262 g/mol. The van der Waals surface area contributed by atoms with Gasteiger partial charge in [-0.2, -0.15) is 5.26 Å². The van der Waals surface area contributed by atoms with Crippen LogP contribution in [0.1, 0.15) is 12.0 Å². The molecule has 1 unspecified atom stereocenters. The number of nitriles is 1. The van der Waals surface area contributed by atoms with Crippen molar-refractivity contribution < 1.29 is 18.7 Å². The van der Waals surface area contributed by atoms with Crippen molar-refractivity contribution >= 4 is 17.6 Å². The number of carbonyl (C=O) groups is 2. The number of benzene rings is 1. The number of amides is 1. The number of nitrogens with zero attached hydrogens (tertiary/aromatic N) is 2. The third-order valence-electron chi connectivity index (χ3n) is 3.05. The van der Waals surface area contributed by atoms with Crippen LogP contribution in [0.5, 0.6) is 0 Å². The molecule has 0 bridgehead atoms. The molecule has 0 aromatic heterocycles. The Morgan fingerprint density at radius 1 is 1.58 bits per heavy atom. The molecule has 1 atom stereocenters. The molecule has 1 fully saturated rings. The van der Waals surface area contributed by atoms with E-state index in [0.717, 1.165) is 6.07 Å². The van der Waals surface area contributed by atoms with Gasteiger partial charge in [-0.05, 0) is 12.1 Å². The maximum absolute atomic E-state index is 13.5. The Labute approximate surface area is 109 Å². The number of carbonyl (C=O) groups excluding carboxylic acids is 2. The Hall–Kier alpha value is -2.42. The first-order valence-corrected chi connectivity index (χ1v) is 5.65. The van der Waals surface area contributed by atoms with E-state index >= 15 is 0 Å². The van der Waals surface area contributed by atoms with Crippen LogP contribution in [-0.2, 0) is 14.3 Å². The second-order valence-corrected chi connectivity index (χ2v) is 4.17. The summed E-state index contributed by atoms with van der Waals surface area (Å²) >= 11 is 0. The van der Waals surface area contributed by atoms with Crippen LogP contribution in [0.4, 0.5) is 10.1 Å². The van der Waals surface area contributed by atoms with E-state index in [0.29, 0.717) is 0 Å². The molecular formula is C13H11FN2O3. The van der Waals surface area contributed by atoms with Gasteiger partial charge in [-0.3, -0.25) is 9.59 Å². The number of ether oxygens (including phenoxy) is 1. The molecular weight excluding hydrogens is 251 g/mol. The topological polar surface area (TPSA) is 70.4 Å². The molecule has 0 aliphatic carbocycles. The van der Waals surface area contributed by atoms with E-state index in [-0.39, 0.29) is 30.1 Å². The van der Waals surface area contributed by atoms with E-state index in [1.807, 2.05) is 0 Å². The molecule has 1 aromatic carbocycles. The van der Waals surface area contributed by atoms with Crippen LogP contribution in [0.15, 0.2) is 18.2 Å². The third kappa shape index (κ3) is 2.27. The lowest BCUT2D eigenvalue weighted by molar-refractivity contribution is -0.145. The van der Waals surface area contributed by atoms with E-state index in [1.54, 1.807) is 6.07 Å². The smallest absolute Gasteiger partial charge is 0.311 e. The van der Waals surface area contributed by atoms with Gasteiger partial charge in [0.05, 0.1) is 18.7 Å². The average Bonchev–Trinajstić information content (AvgIpc) is 2.79. The molecule has 1 amide bonds. The van der Waals surface area contributed by atoms with Gasteiger partial charge < -0.3 is 9.64 Å². The molecule has 0 radical (unpaired) electrons. The Bertz CT molecular complexity index is 580. The van der Waals surface area contributed by atoms with Crippen LogP contribution in [0.2, 0.25) is 0 Å². The summed E-state index contributed by atoms with van der Waals surface area (Å²) in [5.41, 5.74) is 0.000249. The SMILES string of the molecule is COC(=O)C1CC(=O)N(c2cccc(F)c2C#N)C1. The minimum Gasteiger partial charge on any atom is -0.469 e. The van der Waals surface area contributed by atoms with Gasteiger partial charge in [-0.1, -0.05) is 6.07 Å². The Kier molecular flexibility index (Phi) is 3.47. The first-order valence-electron chi connectivity index (χ1n) is 5.65. The molecule has 1 aromatic rings. The fraction of sp³-hybridized carbons (Fsp3) is 0.308. The molecule has 98 valence electrons. The number of rotatable bonds is 2. The Morgan fingerprint density at radius 3 is 2.95 bits per heavy atom. The highest BCUT2D eigenvalue weighted by atomic mass is 19.1.